The maximum absolute atomic E-state index is 13.0. The highest BCUT2D eigenvalue weighted by Crippen LogP contribution is 2.32. The van der Waals surface area contributed by atoms with Crippen LogP contribution in [-0.4, -0.2) is 53.1 Å². The molecule has 1 aliphatic heterocycles. The molecule has 1 fully saturated rings. The standard InChI is InChI=1S/C20H20FN3O3S2/c1-23(2)15(16-4-3-9-27-16)11-22-18(25)12-24-19(26)17(29-20(24)28)10-13-5-7-14(21)8-6-13/h3-10,15H,11-12H2,1-2H3,(H,22,25)/b17-10-. The molecular formula is C20H20FN3O3S2. The number of hydrogen-bond donors (Lipinski definition) is 1. The van der Waals surface area contributed by atoms with Gasteiger partial charge in [0.05, 0.1) is 17.2 Å². The van der Waals surface area contributed by atoms with Crippen LogP contribution in [0.15, 0.2) is 52.0 Å². The first kappa shape index (κ1) is 21.2. The van der Waals surface area contributed by atoms with E-state index in [1.807, 2.05) is 25.1 Å². The molecule has 0 saturated carbocycles. The highest BCUT2D eigenvalue weighted by atomic mass is 32.2. The minimum absolute atomic E-state index is 0.126. The van der Waals surface area contributed by atoms with E-state index in [0.717, 1.165) is 17.5 Å². The predicted octanol–water partition coefficient (Wildman–Crippen LogP) is 3.04. The molecular weight excluding hydrogens is 413 g/mol. The van der Waals surface area contributed by atoms with Gasteiger partial charge in [-0.3, -0.25) is 19.4 Å². The molecule has 0 aliphatic carbocycles. The molecule has 9 heteroatoms. The van der Waals surface area contributed by atoms with Gasteiger partial charge in [-0.2, -0.15) is 0 Å². The fraction of sp³-hybridized carbons (Fsp3) is 0.250. The SMILES string of the molecule is CN(C)C(CNC(=O)CN1C(=O)/C(=C/c2ccc(F)cc2)SC1=S)c1ccco1. The Labute approximate surface area is 177 Å². The number of thiocarbonyl (C=S) groups is 1. The molecule has 6 nitrogen and oxygen atoms in total. The number of amides is 2. The first-order chi connectivity index (χ1) is 13.8. The number of nitrogens with one attached hydrogen (secondary N) is 1. The van der Waals surface area contributed by atoms with Crippen molar-refractivity contribution in [3.63, 3.8) is 0 Å². The summed E-state index contributed by atoms with van der Waals surface area (Å²) >= 11 is 6.38. The second-order valence-electron chi connectivity index (χ2n) is 6.62. The maximum Gasteiger partial charge on any atom is 0.266 e. The van der Waals surface area contributed by atoms with E-state index in [1.165, 1.54) is 17.0 Å². The molecule has 1 unspecified atom stereocenters. The molecule has 1 atom stereocenters. The topological polar surface area (TPSA) is 65.8 Å². The van der Waals surface area contributed by atoms with Crippen molar-refractivity contribution < 1.29 is 18.4 Å². The summed E-state index contributed by atoms with van der Waals surface area (Å²) in [5.41, 5.74) is 0.684. The van der Waals surface area contributed by atoms with Crippen LogP contribution in [0, 0.1) is 5.82 Å². The number of halogens is 1. The summed E-state index contributed by atoms with van der Waals surface area (Å²) in [4.78, 5) is 28.6. The number of hydrogen-bond acceptors (Lipinski definition) is 6. The van der Waals surface area contributed by atoms with Crippen LogP contribution in [-0.2, 0) is 9.59 Å². The Kier molecular flexibility index (Phi) is 6.83. The molecule has 2 amide bonds. The van der Waals surface area contributed by atoms with Crippen molar-refractivity contribution in [2.45, 2.75) is 6.04 Å². The van der Waals surface area contributed by atoms with Crippen LogP contribution in [0.5, 0.6) is 0 Å². The van der Waals surface area contributed by atoms with Gasteiger partial charge in [0.1, 0.15) is 22.4 Å². The Bertz CT molecular complexity index is 927. The Morgan fingerprint density at radius 3 is 2.69 bits per heavy atom. The molecule has 0 spiro atoms. The Balaban J connectivity index is 1.60. The van der Waals surface area contributed by atoms with Gasteiger partial charge in [-0.05, 0) is 50.0 Å². The van der Waals surface area contributed by atoms with Crippen LogP contribution in [0.2, 0.25) is 0 Å². The zero-order valence-electron chi connectivity index (χ0n) is 15.9. The highest BCUT2D eigenvalue weighted by molar-refractivity contribution is 8.26. The van der Waals surface area contributed by atoms with Gasteiger partial charge in [-0.1, -0.05) is 36.1 Å². The van der Waals surface area contributed by atoms with E-state index in [-0.39, 0.29) is 30.2 Å². The van der Waals surface area contributed by atoms with Crippen LogP contribution in [0.3, 0.4) is 0 Å². The summed E-state index contributed by atoms with van der Waals surface area (Å²) in [5, 5.41) is 2.83. The third kappa shape index (κ3) is 5.31. The summed E-state index contributed by atoms with van der Waals surface area (Å²) in [6, 6.07) is 9.30. The van der Waals surface area contributed by atoms with Gasteiger partial charge in [-0.25, -0.2) is 4.39 Å². The number of furan rings is 1. The lowest BCUT2D eigenvalue weighted by molar-refractivity contribution is -0.128. The molecule has 0 radical (unpaired) electrons. The zero-order chi connectivity index (χ0) is 21.0. The smallest absolute Gasteiger partial charge is 0.266 e. The van der Waals surface area contributed by atoms with Gasteiger partial charge < -0.3 is 9.73 Å². The molecule has 152 valence electrons. The number of benzene rings is 1. The highest BCUT2D eigenvalue weighted by Gasteiger charge is 2.33. The quantitative estimate of drug-likeness (QED) is 0.535. The van der Waals surface area contributed by atoms with E-state index in [4.69, 9.17) is 16.6 Å². The Morgan fingerprint density at radius 1 is 1.34 bits per heavy atom. The number of carbonyl (C=O) groups excluding carboxylic acids is 2. The summed E-state index contributed by atoms with van der Waals surface area (Å²) in [6.07, 6.45) is 3.22. The van der Waals surface area contributed by atoms with Crippen LogP contribution >= 0.6 is 24.0 Å². The van der Waals surface area contributed by atoms with E-state index in [0.29, 0.717) is 21.3 Å². The van der Waals surface area contributed by atoms with E-state index in [2.05, 4.69) is 5.32 Å². The molecule has 1 aliphatic rings. The van der Waals surface area contributed by atoms with Crippen molar-refractivity contribution in [1.29, 1.82) is 0 Å². The molecule has 3 rings (SSSR count). The lowest BCUT2D eigenvalue weighted by Crippen LogP contribution is -2.42. The zero-order valence-corrected chi connectivity index (χ0v) is 17.6. The van der Waals surface area contributed by atoms with E-state index in [9.17, 15) is 14.0 Å². The lowest BCUT2D eigenvalue weighted by Gasteiger charge is -2.23. The first-order valence-electron chi connectivity index (χ1n) is 8.82. The summed E-state index contributed by atoms with van der Waals surface area (Å²) < 4.78 is 18.8. The molecule has 1 aromatic carbocycles. The largest absolute Gasteiger partial charge is 0.468 e. The predicted molar refractivity (Wildman–Crippen MR) is 114 cm³/mol. The summed E-state index contributed by atoms with van der Waals surface area (Å²) in [7, 11) is 3.78. The number of thioether (sulfide) groups is 1. The van der Waals surface area contributed by atoms with Crippen LogP contribution in [0.25, 0.3) is 6.08 Å². The molecule has 1 aromatic heterocycles. The monoisotopic (exact) mass is 433 g/mol. The number of nitrogens with zero attached hydrogens (tertiary/aromatic N) is 2. The van der Waals surface area contributed by atoms with Crippen molar-refractivity contribution in [2.75, 3.05) is 27.2 Å². The van der Waals surface area contributed by atoms with Crippen molar-refractivity contribution >= 4 is 46.2 Å². The number of carbonyl (C=O) groups is 2. The molecule has 1 saturated heterocycles. The summed E-state index contributed by atoms with van der Waals surface area (Å²) in [6.45, 7) is 0.170. The van der Waals surface area contributed by atoms with Gasteiger partial charge in [0, 0.05) is 6.54 Å². The Hall–Kier alpha value is -2.49. The van der Waals surface area contributed by atoms with E-state index >= 15 is 0 Å². The minimum atomic E-state index is -0.350. The fourth-order valence-electron chi connectivity index (χ4n) is 2.78. The van der Waals surface area contributed by atoms with Crippen molar-refractivity contribution in [3.05, 3.63) is 64.7 Å². The molecule has 1 N–H and O–H groups in total. The maximum atomic E-state index is 13.0. The molecule has 2 aromatic rings. The van der Waals surface area contributed by atoms with Gasteiger partial charge in [-0.15, -0.1) is 0 Å². The van der Waals surface area contributed by atoms with Crippen LogP contribution in [0.1, 0.15) is 17.4 Å². The molecule has 29 heavy (non-hydrogen) atoms. The third-order valence-corrected chi connectivity index (χ3v) is 5.71. The summed E-state index contributed by atoms with van der Waals surface area (Å²) in [5.74, 6) is -0.266. The third-order valence-electron chi connectivity index (χ3n) is 4.33. The van der Waals surface area contributed by atoms with Crippen molar-refractivity contribution in [1.82, 2.24) is 15.1 Å². The second-order valence-corrected chi connectivity index (χ2v) is 8.29. The average Bonchev–Trinajstić information content (AvgIpc) is 3.28. The van der Waals surface area contributed by atoms with Gasteiger partial charge >= 0.3 is 0 Å². The molecule has 0 bridgehead atoms. The second kappa shape index (κ2) is 9.34. The van der Waals surface area contributed by atoms with Crippen molar-refractivity contribution in [3.8, 4) is 0 Å². The minimum Gasteiger partial charge on any atom is -0.468 e. The fourth-order valence-corrected chi connectivity index (χ4v) is 4.03. The lowest BCUT2D eigenvalue weighted by atomic mass is 10.2. The first-order valence-corrected chi connectivity index (χ1v) is 10.0. The van der Waals surface area contributed by atoms with E-state index in [1.54, 1.807) is 30.5 Å². The number of rotatable bonds is 7. The van der Waals surface area contributed by atoms with Gasteiger partial charge in [0.15, 0.2) is 0 Å². The number of likely N-dealkylation sites (N-methyl/N-ethyl adjacent to an activating group) is 1. The van der Waals surface area contributed by atoms with Crippen LogP contribution in [0.4, 0.5) is 4.39 Å². The van der Waals surface area contributed by atoms with Crippen molar-refractivity contribution in [2.24, 2.45) is 0 Å². The average molecular weight is 434 g/mol. The van der Waals surface area contributed by atoms with Gasteiger partial charge in [0.2, 0.25) is 5.91 Å². The van der Waals surface area contributed by atoms with Gasteiger partial charge in [0.25, 0.3) is 5.91 Å². The van der Waals surface area contributed by atoms with E-state index < -0.39 is 0 Å². The molecule has 2 heterocycles. The Morgan fingerprint density at radius 2 is 2.07 bits per heavy atom. The normalized spacial score (nSPS) is 16.7. The van der Waals surface area contributed by atoms with Crippen LogP contribution < -0.4 is 5.32 Å².